The number of rotatable bonds is 3. The molecular formula is C16H30N2. The first-order valence-corrected chi connectivity index (χ1v) is 8.28. The Hall–Kier alpha value is -0.0800. The van der Waals surface area contributed by atoms with E-state index in [1.165, 1.54) is 58.0 Å². The lowest BCUT2D eigenvalue weighted by atomic mass is 9.82. The molecular weight excluding hydrogens is 220 g/mol. The van der Waals surface area contributed by atoms with Gasteiger partial charge in [-0.1, -0.05) is 33.1 Å². The lowest BCUT2D eigenvalue weighted by molar-refractivity contribution is 0.0831. The first-order valence-electron chi connectivity index (χ1n) is 8.28. The highest BCUT2D eigenvalue weighted by molar-refractivity contribution is 5.00. The summed E-state index contributed by atoms with van der Waals surface area (Å²) < 4.78 is 0. The molecule has 0 aromatic rings. The van der Waals surface area contributed by atoms with Crippen LogP contribution in [0.4, 0.5) is 0 Å². The van der Waals surface area contributed by atoms with Crippen LogP contribution in [0.3, 0.4) is 0 Å². The van der Waals surface area contributed by atoms with Gasteiger partial charge in [-0.15, -0.1) is 0 Å². The Kier molecular flexibility index (Phi) is 3.95. The maximum atomic E-state index is 3.88. The lowest BCUT2D eigenvalue weighted by Gasteiger charge is -2.44. The second-order valence-electron chi connectivity index (χ2n) is 6.95. The van der Waals surface area contributed by atoms with Gasteiger partial charge in [-0.2, -0.15) is 0 Å². The maximum absolute atomic E-state index is 3.88. The molecule has 2 nitrogen and oxygen atoms in total. The van der Waals surface area contributed by atoms with Gasteiger partial charge in [-0.05, 0) is 37.5 Å². The molecule has 0 radical (unpaired) electrons. The monoisotopic (exact) mass is 250 g/mol. The Morgan fingerprint density at radius 3 is 2.50 bits per heavy atom. The van der Waals surface area contributed by atoms with Crippen molar-refractivity contribution in [3.8, 4) is 0 Å². The van der Waals surface area contributed by atoms with E-state index in [0.29, 0.717) is 0 Å². The predicted molar refractivity (Wildman–Crippen MR) is 76.7 cm³/mol. The molecule has 0 aromatic heterocycles. The third-order valence-electron chi connectivity index (χ3n) is 5.68. The molecule has 104 valence electrons. The van der Waals surface area contributed by atoms with Gasteiger partial charge in [0.15, 0.2) is 0 Å². The molecule has 4 atom stereocenters. The zero-order valence-corrected chi connectivity index (χ0v) is 12.2. The van der Waals surface area contributed by atoms with Crippen molar-refractivity contribution in [2.24, 2.45) is 11.8 Å². The molecule has 4 unspecified atom stereocenters. The highest BCUT2D eigenvalue weighted by Crippen LogP contribution is 2.39. The minimum absolute atomic E-state index is 0.792. The van der Waals surface area contributed by atoms with E-state index >= 15 is 0 Å². The van der Waals surface area contributed by atoms with Gasteiger partial charge >= 0.3 is 0 Å². The van der Waals surface area contributed by atoms with Crippen molar-refractivity contribution in [2.75, 3.05) is 13.1 Å². The minimum Gasteiger partial charge on any atom is -0.311 e. The SMILES string of the molecule is CCC1CNC(C2CCCCC2)CN1C1CC1C. The number of piperazine rings is 1. The molecule has 1 aliphatic heterocycles. The number of hydrogen-bond acceptors (Lipinski definition) is 2. The van der Waals surface area contributed by atoms with Crippen LogP contribution >= 0.6 is 0 Å². The molecule has 3 aliphatic rings. The van der Waals surface area contributed by atoms with Gasteiger partial charge in [0.1, 0.15) is 0 Å². The fourth-order valence-electron chi connectivity index (χ4n) is 4.25. The third-order valence-corrected chi connectivity index (χ3v) is 5.68. The number of nitrogens with one attached hydrogen (secondary N) is 1. The average Bonchev–Trinajstić information content (AvgIpc) is 3.16. The Morgan fingerprint density at radius 1 is 1.17 bits per heavy atom. The van der Waals surface area contributed by atoms with E-state index in [1.807, 2.05) is 0 Å². The molecule has 2 aliphatic carbocycles. The van der Waals surface area contributed by atoms with E-state index in [0.717, 1.165) is 30.0 Å². The van der Waals surface area contributed by atoms with Crippen LogP contribution in [0.1, 0.15) is 58.8 Å². The van der Waals surface area contributed by atoms with E-state index in [9.17, 15) is 0 Å². The topological polar surface area (TPSA) is 15.3 Å². The zero-order chi connectivity index (χ0) is 12.5. The van der Waals surface area contributed by atoms with Crippen LogP contribution in [-0.4, -0.2) is 36.1 Å². The van der Waals surface area contributed by atoms with Gasteiger partial charge in [-0.3, -0.25) is 4.90 Å². The van der Waals surface area contributed by atoms with Crippen molar-refractivity contribution < 1.29 is 0 Å². The van der Waals surface area contributed by atoms with Gasteiger partial charge in [0.2, 0.25) is 0 Å². The van der Waals surface area contributed by atoms with Gasteiger partial charge in [0.25, 0.3) is 0 Å². The highest BCUT2D eigenvalue weighted by atomic mass is 15.3. The molecule has 3 fully saturated rings. The molecule has 0 spiro atoms. The molecule has 0 bridgehead atoms. The van der Waals surface area contributed by atoms with Crippen LogP contribution in [0.5, 0.6) is 0 Å². The molecule has 3 rings (SSSR count). The quantitative estimate of drug-likeness (QED) is 0.828. The molecule has 1 saturated heterocycles. The van der Waals surface area contributed by atoms with E-state index in [4.69, 9.17) is 0 Å². The summed E-state index contributed by atoms with van der Waals surface area (Å²) in [5.41, 5.74) is 0. The number of hydrogen-bond donors (Lipinski definition) is 1. The van der Waals surface area contributed by atoms with Gasteiger partial charge in [0.05, 0.1) is 0 Å². The fraction of sp³-hybridized carbons (Fsp3) is 1.00. The second-order valence-corrected chi connectivity index (χ2v) is 6.95. The number of nitrogens with zero attached hydrogens (tertiary/aromatic N) is 1. The van der Waals surface area contributed by atoms with Gasteiger partial charge in [0, 0.05) is 31.2 Å². The van der Waals surface area contributed by atoms with E-state index in [-0.39, 0.29) is 0 Å². The Labute approximate surface area is 113 Å². The molecule has 0 aromatic carbocycles. The fourth-order valence-corrected chi connectivity index (χ4v) is 4.25. The minimum atomic E-state index is 0.792. The first kappa shape index (κ1) is 12.9. The van der Waals surface area contributed by atoms with Crippen LogP contribution < -0.4 is 5.32 Å². The van der Waals surface area contributed by atoms with Gasteiger partial charge < -0.3 is 5.32 Å². The molecule has 2 heteroatoms. The molecule has 1 N–H and O–H groups in total. The maximum Gasteiger partial charge on any atom is 0.0224 e. The van der Waals surface area contributed by atoms with Crippen LogP contribution in [-0.2, 0) is 0 Å². The van der Waals surface area contributed by atoms with E-state index in [1.54, 1.807) is 0 Å². The highest BCUT2D eigenvalue weighted by Gasteiger charge is 2.43. The predicted octanol–water partition coefficient (Wildman–Crippen LogP) is 3.03. The molecule has 2 saturated carbocycles. The summed E-state index contributed by atoms with van der Waals surface area (Å²) in [7, 11) is 0. The van der Waals surface area contributed by atoms with E-state index in [2.05, 4.69) is 24.1 Å². The Morgan fingerprint density at radius 2 is 1.89 bits per heavy atom. The van der Waals surface area contributed by atoms with Crippen LogP contribution in [0.2, 0.25) is 0 Å². The average molecular weight is 250 g/mol. The summed E-state index contributed by atoms with van der Waals surface area (Å²) >= 11 is 0. The summed E-state index contributed by atoms with van der Waals surface area (Å²) in [6, 6.07) is 2.52. The summed E-state index contributed by atoms with van der Waals surface area (Å²) in [6.45, 7) is 7.35. The normalized spacial score (nSPS) is 43.0. The van der Waals surface area contributed by atoms with Crippen LogP contribution in [0.25, 0.3) is 0 Å². The van der Waals surface area contributed by atoms with Crippen LogP contribution in [0, 0.1) is 11.8 Å². The summed E-state index contributed by atoms with van der Waals surface area (Å²) in [6.07, 6.45) is 10.1. The van der Waals surface area contributed by atoms with Crippen molar-refractivity contribution in [3.63, 3.8) is 0 Å². The summed E-state index contributed by atoms with van der Waals surface area (Å²) in [5, 5.41) is 3.88. The molecule has 18 heavy (non-hydrogen) atoms. The van der Waals surface area contributed by atoms with E-state index < -0.39 is 0 Å². The van der Waals surface area contributed by atoms with Gasteiger partial charge in [-0.25, -0.2) is 0 Å². The first-order chi connectivity index (χ1) is 8.79. The van der Waals surface area contributed by atoms with Crippen molar-refractivity contribution in [1.29, 1.82) is 0 Å². The standard InChI is InChI=1S/C16H30N2/c1-3-14-10-17-15(13-7-5-4-6-8-13)11-18(14)16-9-12(16)2/h12-17H,3-11H2,1-2H3. The van der Waals surface area contributed by atoms with Crippen LogP contribution in [0.15, 0.2) is 0 Å². The Bertz CT molecular complexity index is 272. The smallest absolute Gasteiger partial charge is 0.0224 e. The lowest BCUT2D eigenvalue weighted by Crippen LogP contribution is -2.59. The Balaban J connectivity index is 1.61. The van der Waals surface area contributed by atoms with Crippen molar-refractivity contribution in [1.82, 2.24) is 10.2 Å². The second kappa shape index (κ2) is 5.50. The summed E-state index contributed by atoms with van der Waals surface area (Å²) in [4.78, 5) is 2.86. The summed E-state index contributed by atoms with van der Waals surface area (Å²) in [5.74, 6) is 1.93. The molecule has 0 amide bonds. The van der Waals surface area contributed by atoms with Crippen molar-refractivity contribution in [3.05, 3.63) is 0 Å². The third kappa shape index (κ3) is 2.60. The largest absolute Gasteiger partial charge is 0.311 e. The van der Waals surface area contributed by atoms with Crippen molar-refractivity contribution >= 4 is 0 Å². The van der Waals surface area contributed by atoms with Crippen molar-refractivity contribution in [2.45, 2.75) is 76.9 Å². The molecule has 1 heterocycles. The zero-order valence-electron chi connectivity index (χ0n) is 12.2.